The summed E-state index contributed by atoms with van der Waals surface area (Å²) in [5, 5.41) is 2.29. The molecule has 0 fully saturated rings. The highest BCUT2D eigenvalue weighted by atomic mass is 32.1. The van der Waals surface area contributed by atoms with Crippen LogP contribution in [0.25, 0.3) is 0 Å². The van der Waals surface area contributed by atoms with Gasteiger partial charge in [0.2, 0.25) is 0 Å². The number of rotatable bonds is 4. The Labute approximate surface area is 110 Å². The quantitative estimate of drug-likeness (QED) is 0.892. The van der Waals surface area contributed by atoms with E-state index in [1.54, 1.807) is 7.05 Å². The largest absolute Gasteiger partial charge is 0.443 e. The fraction of sp³-hybridized carbons (Fsp3) is 0.750. The monoisotopic (exact) mass is 280 g/mol. The zero-order valence-corrected chi connectivity index (χ0v) is 11.9. The highest BCUT2D eigenvalue weighted by Crippen LogP contribution is 2.36. The third-order valence-corrected chi connectivity index (χ3v) is 3.80. The number of nitrogens with one attached hydrogen (secondary N) is 1. The fourth-order valence-electron chi connectivity index (χ4n) is 1.58. The molecule has 0 radical (unpaired) electrons. The van der Waals surface area contributed by atoms with Gasteiger partial charge in [0, 0.05) is 17.1 Å². The van der Waals surface area contributed by atoms with Crippen LogP contribution in [0.15, 0.2) is 6.20 Å². The Bertz CT molecular complexity index is 379. The van der Waals surface area contributed by atoms with E-state index in [1.165, 1.54) is 6.20 Å². The minimum Gasteiger partial charge on any atom is -0.312 e. The van der Waals surface area contributed by atoms with E-state index in [4.69, 9.17) is 0 Å². The van der Waals surface area contributed by atoms with Gasteiger partial charge in [0.05, 0.1) is 0 Å². The van der Waals surface area contributed by atoms with Gasteiger partial charge in [-0.15, -0.1) is 11.3 Å². The van der Waals surface area contributed by atoms with E-state index in [0.29, 0.717) is 4.88 Å². The van der Waals surface area contributed by atoms with Gasteiger partial charge in [-0.05, 0) is 25.3 Å². The normalized spacial score (nSPS) is 14.8. The number of aromatic nitrogens is 1. The number of hydrogen-bond acceptors (Lipinski definition) is 3. The number of hydrogen-bond donors (Lipinski definition) is 1. The molecule has 0 aliphatic rings. The van der Waals surface area contributed by atoms with Crippen molar-refractivity contribution >= 4 is 11.3 Å². The average Bonchev–Trinajstić information content (AvgIpc) is 2.65. The van der Waals surface area contributed by atoms with Gasteiger partial charge in [0.15, 0.2) is 5.01 Å². The standard InChI is InChI=1S/C12H19F3N2S/c1-11(2,3)6-5-8(16-4)9-7-17-10(18-9)12(13,14)15/h7-8,16H,5-6H2,1-4H3. The summed E-state index contributed by atoms with van der Waals surface area (Å²) in [6, 6.07) is -0.0576. The van der Waals surface area contributed by atoms with Crippen LogP contribution in [0.2, 0.25) is 0 Å². The van der Waals surface area contributed by atoms with Gasteiger partial charge < -0.3 is 5.32 Å². The molecule has 1 atom stereocenters. The van der Waals surface area contributed by atoms with Crippen molar-refractivity contribution in [1.82, 2.24) is 10.3 Å². The molecule has 0 aliphatic carbocycles. The molecule has 6 heteroatoms. The minimum atomic E-state index is -4.34. The Kier molecular flexibility index (Phi) is 4.78. The number of thiazole rings is 1. The van der Waals surface area contributed by atoms with Crippen LogP contribution in [-0.4, -0.2) is 12.0 Å². The summed E-state index contributed by atoms with van der Waals surface area (Å²) in [4.78, 5) is 4.10. The van der Waals surface area contributed by atoms with E-state index < -0.39 is 11.2 Å². The molecule has 2 nitrogen and oxygen atoms in total. The third kappa shape index (κ3) is 4.57. The van der Waals surface area contributed by atoms with Gasteiger partial charge in [0.1, 0.15) is 0 Å². The molecule has 104 valence electrons. The Balaban J connectivity index is 2.74. The van der Waals surface area contributed by atoms with Crippen molar-refractivity contribution < 1.29 is 13.2 Å². The third-order valence-electron chi connectivity index (χ3n) is 2.64. The van der Waals surface area contributed by atoms with Crippen LogP contribution in [0, 0.1) is 5.41 Å². The van der Waals surface area contributed by atoms with Crippen molar-refractivity contribution in [2.45, 2.75) is 45.8 Å². The van der Waals surface area contributed by atoms with Crippen LogP contribution >= 0.6 is 11.3 Å². The molecule has 0 amide bonds. The molecule has 1 aromatic heterocycles. The first-order valence-corrected chi connectivity index (χ1v) is 6.65. The molecular weight excluding hydrogens is 261 g/mol. The maximum absolute atomic E-state index is 12.5. The molecule has 0 aliphatic heterocycles. The summed E-state index contributed by atoms with van der Waals surface area (Å²) in [6.45, 7) is 6.36. The van der Waals surface area contributed by atoms with Crippen LogP contribution < -0.4 is 5.32 Å². The predicted molar refractivity (Wildman–Crippen MR) is 67.6 cm³/mol. The summed E-state index contributed by atoms with van der Waals surface area (Å²) in [7, 11) is 1.76. The molecule has 1 N–H and O–H groups in total. The van der Waals surface area contributed by atoms with Gasteiger partial charge in [-0.1, -0.05) is 20.8 Å². The zero-order chi connectivity index (χ0) is 14.0. The molecule has 0 spiro atoms. The molecule has 1 aromatic rings. The van der Waals surface area contributed by atoms with E-state index in [0.717, 1.165) is 24.2 Å². The van der Waals surface area contributed by atoms with E-state index in [9.17, 15) is 13.2 Å². The van der Waals surface area contributed by atoms with Gasteiger partial charge in [-0.25, -0.2) is 4.98 Å². The summed E-state index contributed by atoms with van der Waals surface area (Å²) in [5.74, 6) is 0. The van der Waals surface area contributed by atoms with E-state index >= 15 is 0 Å². The van der Waals surface area contributed by atoms with Crippen LogP contribution in [0.3, 0.4) is 0 Å². The first-order valence-electron chi connectivity index (χ1n) is 5.83. The SMILES string of the molecule is CNC(CCC(C)(C)C)c1cnc(C(F)(F)F)s1. The fourth-order valence-corrected chi connectivity index (χ4v) is 2.51. The molecule has 1 heterocycles. The highest BCUT2D eigenvalue weighted by molar-refractivity contribution is 7.11. The second-order valence-electron chi connectivity index (χ2n) is 5.51. The van der Waals surface area contributed by atoms with Crippen molar-refractivity contribution in [2.75, 3.05) is 7.05 Å². The van der Waals surface area contributed by atoms with Crippen molar-refractivity contribution in [1.29, 1.82) is 0 Å². The van der Waals surface area contributed by atoms with Gasteiger partial charge >= 0.3 is 6.18 Å². The molecule has 18 heavy (non-hydrogen) atoms. The molecule has 1 unspecified atom stereocenters. The lowest BCUT2D eigenvalue weighted by atomic mass is 9.88. The van der Waals surface area contributed by atoms with E-state index in [-0.39, 0.29) is 11.5 Å². The second kappa shape index (κ2) is 5.57. The lowest BCUT2D eigenvalue weighted by Gasteiger charge is -2.22. The second-order valence-corrected chi connectivity index (χ2v) is 6.57. The Morgan fingerprint density at radius 1 is 1.33 bits per heavy atom. The molecule has 1 rings (SSSR count). The maximum Gasteiger partial charge on any atom is 0.443 e. The molecule has 0 aromatic carbocycles. The molecule has 0 saturated carbocycles. The van der Waals surface area contributed by atoms with Crippen LogP contribution in [0.4, 0.5) is 13.2 Å². The number of halogens is 3. The zero-order valence-electron chi connectivity index (χ0n) is 11.1. The first-order chi connectivity index (χ1) is 8.13. The molecule has 0 saturated heterocycles. The molecular formula is C12H19F3N2S. The van der Waals surface area contributed by atoms with E-state index in [2.05, 4.69) is 31.1 Å². The average molecular weight is 280 g/mol. The van der Waals surface area contributed by atoms with Crippen molar-refractivity contribution in [2.24, 2.45) is 5.41 Å². The summed E-state index contributed by atoms with van der Waals surface area (Å²) in [5.41, 5.74) is 0.173. The smallest absolute Gasteiger partial charge is 0.312 e. The van der Waals surface area contributed by atoms with Crippen LogP contribution in [-0.2, 0) is 6.18 Å². The number of alkyl halides is 3. The number of nitrogens with zero attached hydrogens (tertiary/aromatic N) is 1. The Hall–Kier alpha value is -0.620. The van der Waals surface area contributed by atoms with Gasteiger partial charge in [-0.3, -0.25) is 0 Å². The van der Waals surface area contributed by atoms with E-state index in [1.807, 2.05) is 0 Å². The Morgan fingerprint density at radius 2 is 1.94 bits per heavy atom. The minimum absolute atomic E-state index is 0.0576. The lowest BCUT2D eigenvalue weighted by molar-refractivity contribution is -0.137. The molecule has 0 bridgehead atoms. The van der Waals surface area contributed by atoms with Gasteiger partial charge in [0.25, 0.3) is 0 Å². The topological polar surface area (TPSA) is 24.9 Å². The first kappa shape index (κ1) is 15.4. The lowest BCUT2D eigenvalue weighted by Crippen LogP contribution is -2.18. The summed E-state index contributed by atoms with van der Waals surface area (Å²) in [6.07, 6.45) is -1.26. The summed E-state index contributed by atoms with van der Waals surface area (Å²) < 4.78 is 37.4. The van der Waals surface area contributed by atoms with Crippen molar-refractivity contribution in [3.05, 3.63) is 16.1 Å². The van der Waals surface area contributed by atoms with Crippen molar-refractivity contribution in [3.8, 4) is 0 Å². The van der Waals surface area contributed by atoms with Crippen LogP contribution in [0.5, 0.6) is 0 Å². The van der Waals surface area contributed by atoms with Crippen LogP contribution in [0.1, 0.15) is 49.5 Å². The predicted octanol–water partition coefficient (Wildman–Crippen LogP) is 4.25. The van der Waals surface area contributed by atoms with Gasteiger partial charge in [-0.2, -0.15) is 13.2 Å². The highest BCUT2D eigenvalue weighted by Gasteiger charge is 2.35. The maximum atomic E-state index is 12.5. The van der Waals surface area contributed by atoms with Crippen molar-refractivity contribution in [3.63, 3.8) is 0 Å². The summed E-state index contributed by atoms with van der Waals surface area (Å²) >= 11 is 0.724. The Morgan fingerprint density at radius 3 is 2.33 bits per heavy atom.